The maximum absolute atomic E-state index is 6.04. The Hall–Kier alpha value is -0.320. The molecule has 118 valence electrons. The van der Waals surface area contributed by atoms with Crippen molar-refractivity contribution in [3.05, 3.63) is 29.8 Å². The molecule has 1 aliphatic rings. The summed E-state index contributed by atoms with van der Waals surface area (Å²) < 4.78 is 6.04. The molecule has 0 radical (unpaired) electrons. The summed E-state index contributed by atoms with van der Waals surface area (Å²) in [5, 5.41) is 4.96. The molecule has 4 heteroatoms. The van der Waals surface area contributed by atoms with Crippen molar-refractivity contribution in [2.75, 3.05) is 18.1 Å². The van der Waals surface area contributed by atoms with Crippen LogP contribution in [0, 0.1) is 0 Å². The summed E-state index contributed by atoms with van der Waals surface area (Å²) in [6, 6.07) is 8.87. The molecule has 1 aromatic rings. The Morgan fingerprint density at radius 2 is 1.95 bits per heavy atom. The number of hydrogen-bond donors (Lipinski definition) is 1. The fraction of sp³-hybridized carbons (Fsp3) is 0.647. The average Bonchev–Trinajstić information content (AvgIpc) is 2.46. The molecule has 1 aromatic carbocycles. The zero-order valence-electron chi connectivity index (χ0n) is 13.5. The molecule has 2 rings (SSSR count). The van der Waals surface area contributed by atoms with Gasteiger partial charge in [-0.1, -0.05) is 32.0 Å². The second-order valence-electron chi connectivity index (χ2n) is 5.65. The number of ether oxygens (including phenoxy) is 1. The van der Waals surface area contributed by atoms with E-state index in [1.807, 2.05) is 0 Å². The standard InChI is InChI=1S/C17H27NOS2/c1-5-18-16(17-13(4)20-10-11-21-17)14-8-6-7-9-15(14)19-12(2)3/h6-9,12-13,16-18H,5,10-11H2,1-4H3. The summed E-state index contributed by atoms with van der Waals surface area (Å²) in [5.74, 6) is 3.54. The van der Waals surface area contributed by atoms with Crippen LogP contribution in [-0.4, -0.2) is 34.7 Å². The van der Waals surface area contributed by atoms with Crippen LogP contribution in [0.2, 0.25) is 0 Å². The van der Waals surface area contributed by atoms with E-state index >= 15 is 0 Å². The number of rotatable bonds is 6. The summed E-state index contributed by atoms with van der Waals surface area (Å²) >= 11 is 4.20. The topological polar surface area (TPSA) is 21.3 Å². The van der Waals surface area contributed by atoms with Crippen molar-refractivity contribution in [1.82, 2.24) is 5.32 Å². The van der Waals surface area contributed by atoms with Crippen LogP contribution in [-0.2, 0) is 0 Å². The first-order valence-corrected chi connectivity index (χ1v) is 9.95. The highest BCUT2D eigenvalue weighted by molar-refractivity contribution is 8.07. The highest BCUT2D eigenvalue weighted by Crippen LogP contribution is 2.41. The van der Waals surface area contributed by atoms with Gasteiger partial charge in [-0.3, -0.25) is 0 Å². The van der Waals surface area contributed by atoms with Gasteiger partial charge >= 0.3 is 0 Å². The minimum absolute atomic E-state index is 0.208. The molecular weight excluding hydrogens is 298 g/mol. The highest BCUT2D eigenvalue weighted by Gasteiger charge is 2.32. The molecule has 0 aliphatic carbocycles. The van der Waals surface area contributed by atoms with Gasteiger partial charge in [-0.25, -0.2) is 0 Å². The van der Waals surface area contributed by atoms with Crippen LogP contribution in [0.1, 0.15) is 39.3 Å². The molecule has 1 N–H and O–H groups in total. The zero-order valence-corrected chi connectivity index (χ0v) is 15.1. The second kappa shape index (κ2) is 8.35. The second-order valence-corrected chi connectivity index (χ2v) is 8.42. The Kier molecular flexibility index (Phi) is 6.77. The third-order valence-corrected chi connectivity index (χ3v) is 6.80. The zero-order chi connectivity index (χ0) is 15.2. The number of benzene rings is 1. The molecule has 0 aromatic heterocycles. The molecule has 1 fully saturated rings. The van der Waals surface area contributed by atoms with Crippen molar-refractivity contribution in [3.8, 4) is 5.75 Å². The Labute approximate surface area is 137 Å². The number of thioether (sulfide) groups is 2. The molecule has 21 heavy (non-hydrogen) atoms. The number of hydrogen-bond acceptors (Lipinski definition) is 4. The van der Waals surface area contributed by atoms with E-state index in [4.69, 9.17) is 4.74 Å². The SMILES string of the molecule is CCNC(c1ccccc1OC(C)C)C1SCCSC1C. The van der Waals surface area contributed by atoms with Crippen LogP contribution in [0.4, 0.5) is 0 Å². The Morgan fingerprint density at radius 1 is 1.24 bits per heavy atom. The van der Waals surface area contributed by atoms with Crippen LogP contribution < -0.4 is 10.1 Å². The molecule has 1 heterocycles. The van der Waals surface area contributed by atoms with Crippen molar-refractivity contribution in [1.29, 1.82) is 0 Å². The van der Waals surface area contributed by atoms with Crippen LogP contribution in [0.15, 0.2) is 24.3 Å². The minimum atomic E-state index is 0.208. The molecule has 1 saturated heterocycles. The average molecular weight is 326 g/mol. The molecule has 3 atom stereocenters. The minimum Gasteiger partial charge on any atom is -0.491 e. The van der Waals surface area contributed by atoms with Gasteiger partial charge in [-0.15, -0.1) is 0 Å². The normalized spacial score (nSPS) is 24.0. The molecule has 0 bridgehead atoms. The molecule has 2 nitrogen and oxygen atoms in total. The first kappa shape index (κ1) is 17.0. The molecule has 3 unspecified atom stereocenters. The first-order chi connectivity index (χ1) is 10.1. The predicted octanol–water partition coefficient (Wildman–Crippen LogP) is 4.36. The van der Waals surface area contributed by atoms with E-state index in [9.17, 15) is 0 Å². The van der Waals surface area contributed by atoms with Crippen molar-refractivity contribution in [2.45, 2.75) is 50.3 Å². The van der Waals surface area contributed by atoms with Crippen molar-refractivity contribution >= 4 is 23.5 Å². The fourth-order valence-electron chi connectivity index (χ4n) is 2.74. The van der Waals surface area contributed by atoms with E-state index in [0.717, 1.165) is 12.3 Å². The lowest BCUT2D eigenvalue weighted by Crippen LogP contribution is -2.38. The van der Waals surface area contributed by atoms with Crippen LogP contribution in [0.3, 0.4) is 0 Å². The predicted molar refractivity (Wildman–Crippen MR) is 96.8 cm³/mol. The van der Waals surface area contributed by atoms with Gasteiger partial charge in [-0.2, -0.15) is 23.5 Å². The smallest absolute Gasteiger partial charge is 0.124 e. The van der Waals surface area contributed by atoms with Crippen LogP contribution in [0.25, 0.3) is 0 Å². The van der Waals surface area contributed by atoms with E-state index in [1.165, 1.54) is 17.1 Å². The monoisotopic (exact) mass is 325 g/mol. The van der Waals surface area contributed by atoms with Gasteiger partial charge in [-0.05, 0) is 26.5 Å². The third-order valence-electron chi connectivity index (χ3n) is 3.61. The molecular formula is C17H27NOS2. The van der Waals surface area contributed by atoms with E-state index < -0.39 is 0 Å². The van der Waals surface area contributed by atoms with Gasteiger partial charge in [0, 0.05) is 33.6 Å². The van der Waals surface area contributed by atoms with Gasteiger partial charge in [0.15, 0.2) is 0 Å². The van der Waals surface area contributed by atoms with Crippen molar-refractivity contribution in [3.63, 3.8) is 0 Å². The molecule has 0 saturated carbocycles. The van der Waals surface area contributed by atoms with E-state index in [2.05, 4.69) is 80.8 Å². The van der Waals surface area contributed by atoms with E-state index in [0.29, 0.717) is 16.5 Å². The largest absolute Gasteiger partial charge is 0.491 e. The lowest BCUT2D eigenvalue weighted by Gasteiger charge is -2.36. The van der Waals surface area contributed by atoms with Crippen molar-refractivity contribution in [2.24, 2.45) is 0 Å². The fourth-order valence-corrected chi connectivity index (χ4v) is 5.68. The van der Waals surface area contributed by atoms with E-state index in [1.54, 1.807) is 0 Å². The van der Waals surface area contributed by atoms with Crippen molar-refractivity contribution < 1.29 is 4.74 Å². The summed E-state index contributed by atoms with van der Waals surface area (Å²) in [4.78, 5) is 0. The van der Waals surface area contributed by atoms with Gasteiger partial charge in [0.25, 0.3) is 0 Å². The maximum atomic E-state index is 6.04. The Balaban J connectivity index is 2.28. The summed E-state index contributed by atoms with van der Waals surface area (Å²) in [7, 11) is 0. The van der Waals surface area contributed by atoms with Crippen LogP contribution >= 0.6 is 23.5 Å². The highest BCUT2D eigenvalue weighted by atomic mass is 32.2. The lowest BCUT2D eigenvalue weighted by atomic mass is 10.00. The van der Waals surface area contributed by atoms with Gasteiger partial charge in [0.2, 0.25) is 0 Å². The maximum Gasteiger partial charge on any atom is 0.124 e. The van der Waals surface area contributed by atoms with Gasteiger partial charge in [0.1, 0.15) is 5.75 Å². The third kappa shape index (κ3) is 4.57. The van der Waals surface area contributed by atoms with Gasteiger partial charge in [0.05, 0.1) is 6.10 Å². The van der Waals surface area contributed by atoms with E-state index in [-0.39, 0.29) is 6.10 Å². The van der Waals surface area contributed by atoms with Crippen LogP contribution in [0.5, 0.6) is 5.75 Å². The molecule has 1 aliphatic heterocycles. The Bertz CT molecular complexity index is 439. The summed E-state index contributed by atoms with van der Waals surface area (Å²) in [6.45, 7) is 9.71. The quantitative estimate of drug-likeness (QED) is 0.838. The van der Waals surface area contributed by atoms with Gasteiger partial charge < -0.3 is 10.1 Å². The number of para-hydroxylation sites is 1. The lowest BCUT2D eigenvalue weighted by molar-refractivity contribution is 0.237. The molecule has 0 amide bonds. The summed E-state index contributed by atoms with van der Waals surface area (Å²) in [6.07, 6.45) is 0.208. The first-order valence-electron chi connectivity index (χ1n) is 7.85. The number of nitrogens with one attached hydrogen (secondary N) is 1. The molecule has 0 spiro atoms. The summed E-state index contributed by atoms with van der Waals surface area (Å²) in [5.41, 5.74) is 1.31. The Morgan fingerprint density at radius 3 is 2.62 bits per heavy atom.